The molecule has 0 aromatic heterocycles. The number of carbonyl (C=O) groups is 1. The lowest BCUT2D eigenvalue weighted by Gasteiger charge is -2.36. The third-order valence-electron chi connectivity index (χ3n) is 3.07. The van der Waals surface area contributed by atoms with E-state index < -0.39 is 12.7 Å². The predicted molar refractivity (Wildman–Crippen MR) is 69.4 cm³/mol. The first-order valence-corrected chi connectivity index (χ1v) is 6.93. The molecule has 118 valence electrons. The normalized spacial score (nSPS) is 24.2. The Kier molecular flexibility index (Phi) is 6.26. The Hall–Kier alpha value is -0.820. The predicted octanol–water partition coefficient (Wildman–Crippen LogP) is 1.90. The maximum atomic E-state index is 12.5. The third-order valence-corrected chi connectivity index (χ3v) is 3.07. The van der Waals surface area contributed by atoms with Gasteiger partial charge in [0.1, 0.15) is 0 Å². The van der Waals surface area contributed by atoms with Crippen LogP contribution in [0.1, 0.15) is 27.2 Å². The van der Waals surface area contributed by atoms with Gasteiger partial charge in [0.15, 0.2) is 0 Å². The Morgan fingerprint density at radius 3 is 2.30 bits per heavy atom. The van der Waals surface area contributed by atoms with Crippen LogP contribution in [0, 0.1) is 0 Å². The largest absolute Gasteiger partial charge is 0.401 e. The Bertz CT molecular complexity index is 313. The fraction of sp³-hybridized carbons (Fsp3) is 0.923. The minimum atomic E-state index is -4.28. The molecule has 0 aromatic carbocycles. The van der Waals surface area contributed by atoms with Gasteiger partial charge in [-0.05, 0) is 26.8 Å². The number of alkyl halides is 3. The topological polar surface area (TPSA) is 32.8 Å². The first kappa shape index (κ1) is 17.2. The summed E-state index contributed by atoms with van der Waals surface area (Å²) in [4.78, 5) is 14.9. The number of halogens is 3. The highest BCUT2D eigenvalue weighted by atomic mass is 19.4. The second-order valence-corrected chi connectivity index (χ2v) is 5.38. The average molecular weight is 296 g/mol. The number of carbonyl (C=O) groups excluding carboxylic acids is 1. The Balaban J connectivity index is 2.56. The molecule has 1 amide bonds. The van der Waals surface area contributed by atoms with E-state index in [0.717, 1.165) is 4.90 Å². The van der Waals surface area contributed by atoms with Gasteiger partial charge in [-0.3, -0.25) is 9.69 Å². The van der Waals surface area contributed by atoms with Crippen LogP contribution < -0.4 is 0 Å². The summed E-state index contributed by atoms with van der Waals surface area (Å²) in [5, 5.41) is 0. The summed E-state index contributed by atoms with van der Waals surface area (Å²) in [7, 11) is 0. The summed E-state index contributed by atoms with van der Waals surface area (Å²) in [6.07, 6.45) is -3.85. The summed E-state index contributed by atoms with van der Waals surface area (Å²) in [5.74, 6) is -0.260. The summed E-state index contributed by atoms with van der Waals surface area (Å²) in [6.45, 7) is 5.43. The van der Waals surface area contributed by atoms with E-state index in [1.807, 2.05) is 13.8 Å². The zero-order valence-corrected chi connectivity index (χ0v) is 12.2. The van der Waals surface area contributed by atoms with E-state index >= 15 is 0 Å². The van der Waals surface area contributed by atoms with Gasteiger partial charge < -0.3 is 9.64 Å². The molecule has 0 bridgehead atoms. The van der Waals surface area contributed by atoms with Gasteiger partial charge in [0.25, 0.3) is 0 Å². The van der Waals surface area contributed by atoms with E-state index in [0.29, 0.717) is 19.5 Å². The molecule has 1 fully saturated rings. The Morgan fingerprint density at radius 1 is 1.30 bits per heavy atom. The van der Waals surface area contributed by atoms with Crippen LogP contribution in [0.4, 0.5) is 13.2 Å². The van der Waals surface area contributed by atoms with Gasteiger partial charge in [0, 0.05) is 13.1 Å². The van der Waals surface area contributed by atoms with E-state index in [1.165, 1.54) is 0 Å². The zero-order chi connectivity index (χ0) is 15.3. The molecule has 1 aliphatic heterocycles. The highest BCUT2D eigenvalue weighted by Crippen LogP contribution is 2.17. The van der Waals surface area contributed by atoms with Crippen LogP contribution in [0.3, 0.4) is 0 Å². The van der Waals surface area contributed by atoms with E-state index in [4.69, 9.17) is 4.74 Å². The van der Waals surface area contributed by atoms with Gasteiger partial charge in [-0.2, -0.15) is 13.2 Å². The molecule has 20 heavy (non-hydrogen) atoms. The first-order chi connectivity index (χ1) is 9.21. The molecule has 0 N–H and O–H groups in total. The molecule has 1 heterocycles. The van der Waals surface area contributed by atoms with Crippen molar-refractivity contribution in [2.75, 3.05) is 32.7 Å². The van der Waals surface area contributed by atoms with Gasteiger partial charge >= 0.3 is 6.18 Å². The molecule has 1 rings (SSSR count). The third kappa shape index (κ3) is 6.09. The van der Waals surface area contributed by atoms with Gasteiger partial charge in [-0.15, -0.1) is 0 Å². The molecule has 0 aliphatic carbocycles. The van der Waals surface area contributed by atoms with E-state index in [2.05, 4.69) is 0 Å². The van der Waals surface area contributed by atoms with E-state index in [-0.39, 0.29) is 31.2 Å². The van der Waals surface area contributed by atoms with Crippen molar-refractivity contribution in [2.24, 2.45) is 0 Å². The smallest absolute Gasteiger partial charge is 0.372 e. The lowest BCUT2D eigenvalue weighted by atomic mass is 10.2. The summed E-state index contributed by atoms with van der Waals surface area (Å²) >= 11 is 0. The van der Waals surface area contributed by atoms with Crippen LogP contribution >= 0.6 is 0 Å². The molecular formula is C13H23F3N2O2. The van der Waals surface area contributed by atoms with Crippen LogP contribution in [0.5, 0.6) is 0 Å². The number of ether oxygens (including phenoxy) is 1. The fourth-order valence-corrected chi connectivity index (χ4v) is 2.46. The Labute approximate surface area is 117 Å². The van der Waals surface area contributed by atoms with Gasteiger partial charge in [0.05, 0.1) is 25.3 Å². The highest BCUT2D eigenvalue weighted by Gasteiger charge is 2.33. The lowest BCUT2D eigenvalue weighted by molar-refractivity contribution is -0.156. The number of nitrogens with zero attached hydrogens (tertiary/aromatic N) is 2. The molecule has 2 atom stereocenters. The zero-order valence-electron chi connectivity index (χ0n) is 12.2. The summed E-state index contributed by atoms with van der Waals surface area (Å²) in [5.41, 5.74) is 0. The Morgan fingerprint density at radius 2 is 1.85 bits per heavy atom. The van der Waals surface area contributed by atoms with Crippen molar-refractivity contribution in [2.45, 2.75) is 45.6 Å². The van der Waals surface area contributed by atoms with Crippen LogP contribution in [-0.4, -0.2) is 66.8 Å². The van der Waals surface area contributed by atoms with Crippen molar-refractivity contribution in [3.05, 3.63) is 0 Å². The van der Waals surface area contributed by atoms with Crippen molar-refractivity contribution in [1.82, 2.24) is 9.80 Å². The number of hydrogen-bond acceptors (Lipinski definition) is 3. The standard InChI is InChI=1S/C13H23F3N2O2/c1-4-5-17(9-13(14,15)16)8-12(19)18-6-10(2)20-11(3)7-18/h10-11H,4-9H2,1-3H3/t10-,11+. The maximum absolute atomic E-state index is 12.5. The molecular weight excluding hydrogens is 273 g/mol. The van der Waals surface area contributed by atoms with Gasteiger partial charge in [0.2, 0.25) is 5.91 Å². The molecule has 1 aliphatic rings. The van der Waals surface area contributed by atoms with Crippen molar-refractivity contribution in [3.63, 3.8) is 0 Å². The van der Waals surface area contributed by atoms with Crippen molar-refractivity contribution >= 4 is 5.91 Å². The molecule has 0 saturated carbocycles. The number of rotatable bonds is 5. The number of morpholine rings is 1. The average Bonchev–Trinajstić information content (AvgIpc) is 2.25. The van der Waals surface area contributed by atoms with Crippen molar-refractivity contribution < 1.29 is 22.7 Å². The molecule has 7 heteroatoms. The quantitative estimate of drug-likeness (QED) is 0.777. The van der Waals surface area contributed by atoms with Crippen molar-refractivity contribution in [1.29, 1.82) is 0 Å². The van der Waals surface area contributed by atoms with E-state index in [1.54, 1.807) is 11.8 Å². The van der Waals surface area contributed by atoms with Crippen LogP contribution in [0.25, 0.3) is 0 Å². The van der Waals surface area contributed by atoms with Crippen LogP contribution in [0.2, 0.25) is 0 Å². The second kappa shape index (κ2) is 7.26. The van der Waals surface area contributed by atoms with Gasteiger partial charge in [-0.25, -0.2) is 0 Å². The molecule has 0 radical (unpaired) electrons. The highest BCUT2D eigenvalue weighted by molar-refractivity contribution is 5.78. The van der Waals surface area contributed by atoms with Crippen molar-refractivity contribution in [3.8, 4) is 0 Å². The summed E-state index contributed by atoms with van der Waals surface area (Å²) < 4.78 is 42.9. The monoisotopic (exact) mass is 296 g/mol. The minimum Gasteiger partial charge on any atom is -0.372 e. The first-order valence-electron chi connectivity index (χ1n) is 6.93. The lowest BCUT2D eigenvalue weighted by Crippen LogP contribution is -2.51. The maximum Gasteiger partial charge on any atom is 0.401 e. The van der Waals surface area contributed by atoms with Crippen LogP contribution in [0.15, 0.2) is 0 Å². The minimum absolute atomic E-state index is 0.0788. The number of amides is 1. The molecule has 0 aromatic rings. The van der Waals surface area contributed by atoms with Crippen LogP contribution in [-0.2, 0) is 9.53 Å². The second-order valence-electron chi connectivity index (χ2n) is 5.38. The fourth-order valence-electron chi connectivity index (χ4n) is 2.46. The molecule has 1 saturated heterocycles. The van der Waals surface area contributed by atoms with E-state index in [9.17, 15) is 18.0 Å². The van der Waals surface area contributed by atoms with Gasteiger partial charge in [-0.1, -0.05) is 6.92 Å². The number of hydrogen-bond donors (Lipinski definition) is 0. The summed E-state index contributed by atoms with van der Waals surface area (Å²) in [6, 6.07) is 0. The SMILES string of the molecule is CCCN(CC(=O)N1C[C@@H](C)O[C@@H](C)C1)CC(F)(F)F. The molecule has 4 nitrogen and oxygen atoms in total. The molecule has 0 unspecified atom stereocenters. The molecule has 0 spiro atoms.